The molecule has 0 aliphatic heterocycles. The average Bonchev–Trinajstić information content (AvgIpc) is 2.34. The number of nitrogens with zero attached hydrogens (tertiary/aromatic N) is 1. The molecule has 0 atom stereocenters. The molecule has 0 saturated carbocycles. The number of H-pyrrole nitrogens is 1. The maximum absolute atomic E-state index is 13.9. The van der Waals surface area contributed by atoms with Gasteiger partial charge in [-0.3, -0.25) is 4.79 Å². The van der Waals surface area contributed by atoms with Crippen LogP contribution < -0.4 is 10.3 Å². The van der Waals surface area contributed by atoms with E-state index in [1.54, 1.807) is 6.92 Å². The van der Waals surface area contributed by atoms with Crippen molar-refractivity contribution in [3.8, 4) is 17.0 Å². The normalized spacial score (nSPS) is 10.6. The first-order valence-electron chi connectivity index (χ1n) is 5.24. The standard InChI is InChI=1S/C12H9Cl2FN2O2/c1-5-16-11(10(14)12(18)17-5)6-3-9(19-2)7(13)4-8(6)15/h3-4H,1-2H3,(H,16,17,18). The van der Waals surface area contributed by atoms with Crippen molar-refractivity contribution in [2.45, 2.75) is 6.92 Å². The van der Waals surface area contributed by atoms with E-state index < -0.39 is 11.4 Å². The van der Waals surface area contributed by atoms with Gasteiger partial charge in [-0.05, 0) is 19.1 Å². The van der Waals surface area contributed by atoms with Crippen LogP contribution in [0, 0.1) is 12.7 Å². The van der Waals surface area contributed by atoms with E-state index in [0.29, 0.717) is 5.82 Å². The fourth-order valence-electron chi connectivity index (χ4n) is 1.62. The number of ether oxygens (including phenoxy) is 1. The van der Waals surface area contributed by atoms with Crippen LogP contribution in [0.25, 0.3) is 11.3 Å². The monoisotopic (exact) mass is 302 g/mol. The van der Waals surface area contributed by atoms with E-state index in [1.165, 1.54) is 13.2 Å². The van der Waals surface area contributed by atoms with Crippen LogP contribution in [0.3, 0.4) is 0 Å². The average molecular weight is 303 g/mol. The summed E-state index contributed by atoms with van der Waals surface area (Å²) in [5.74, 6) is -0.0308. The van der Waals surface area contributed by atoms with Crippen molar-refractivity contribution < 1.29 is 9.13 Å². The van der Waals surface area contributed by atoms with Gasteiger partial charge in [0.25, 0.3) is 5.56 Å². The Morgan fingerprint density at radius 2 is 2.05 bits per heavy atom. The van der Waals surface area contributed by atoms with Crippen LogP contribution in [0.2, 0.25) is 10.0 Å². The second kappa shape index (κ2) is 5.19. The van der Waals surface area contributed by atoms with Crippen molar-refractivity contribution in [1.29, 1.82) is 0 Å². The minimum Gasteiger partial charge on any atom is -0.495 e. The molecule has 0 saturated heterocycles. The third-order valence-corrected chi connectivity index (χ3v) is 3.12. The second-order valence-electron chi connectivity index (χ2n) is 3.78. The summed E-state index contributed by atoms with van der Waals surface area (Å²) < 4.78 is 19.0. The molecule has 0 aliphatic carbocycles. The van der Waals surface area contributed by atoms with Gasteiger partial charge in [0.1, 0.15) is 22.4 Å². The molecule has 0 unspecified atom stereocenters. The number of nitrogens with one attached hydrogen (secondary N) is 1. The van der Waals surface area contributed by atoms with Crippen molar-refractivity contribution in [3.05, 3.63) is 44.2 Å². The number of aromatic amines is 1. The molecule has 0 radical (unpaired) electrons. The highest BCUT2D eigenvalue weighted by Crippen LogP contribution is 2.34. The van der Waals surface area contributed by atoms with Crippen LogP contribution in [0.4, 0.5) is 4.39 Å². The largest absolute Gasteiger partial charge is 0.495 e. The minimum absolute atomic E-state index is 0.0513. The summed E-state index contributed by atoms with van der Waals surface area (Å²) in [4.78, 5) is 18.0. The molecular weight excluding hydrogens is 294 g/mol. The third kappa shape index (κ3) is 2.57. The number of aryl methyl sites for hydroxylation is 1. The smallest absolute Gasteiger partial charge is 0.270 e. The third-order valence-electron chi connectivity index (χ3n) is 2.48. The lowest BCUT2D eigenvalue weighted by atomic mass is 10.1. The Hall–Kier alpha value is -1.59. The molecule has 2 aromatic rings. The lowest BCUT2D eigenvalue weighted by Crippen LogP contribution is -2.12. The zero-order valence-electron chi connectivity index (χ0n) is 10.1. The molecule has 19 heavy (non-hydrogen) atoms. The molecule has 2 rings (SSSR count). The molecule has 4 nitrogen and oxygen atoms in total. The summed E-state index contributed by atoms with van der Waals surface area (Å²) in [6, 6.07) is 2.44. The van der Waals surface area contributed by atoms with Crippen molar-refractivity contribution in [2.24, 2.45) is 0 Å². The Morgan fingerprint density at radius 3 is 2.68 bits per heavy atom. The molecule has 1 N–H and O–H groups in total. The van der Waals surface area contributed by atoms with Crippen LogP contribution in [0.5, 0.6) is 5.75 Å². The maximum Gasteiger partial charge on any atom is 0.270 e. The molecule has 0 amide bonds. The summed E-state index contributed by atoms with van der Waals surface area (Å²) in [5.41, 5.74) is -0.423. The highest BCUT2D eigenvalue weighted by molar-refractivity contribution is 6.33. The fourth-order valence-corrected chi connectivity index (χ4v) is 2.04. The summed E-state index contributed by atoms with van der Waals surface area (Å²) in [6.45, 7) is 1.58. The van der Waals surface area contributed by atoms with Crippen LogP contribution in [0.15, 0.2) is 16.9 Å². The highest BCUT2D eigenvalue weighted by Gasteiger charge is 2.17. The van der Waals surface area contributed by atoms with E-state index in [-0.39, 0.29) is 27.1 Å². The quantitative estimate of drug-likeness (QED) is 0.927. The van der Waals surface area contributed by atoms with Gasteiger partial charge in [-0.1, -0.05) is 23.2 Å². The van der Waals surface area contributed by atoms with Crippen LogP contribution in [0.1, 0.15) is 5.82 Å². The van der Waals surface area contributed by atoms with Gasteiger partial charge in [-0.15, -0.1) is 0 Å². The number of hydrogen-bond donors (Lipinski definition) is 1. The van der Waals surface area contributed by atoms with Crippen molar-refractivity contribution in [3.63, 3.8) is 0 Å². The molecular formula is C12H9Cl2FN2O2. The van der Waals surface area contributed by atoms with E-state index in [4.69, 9.17) is 27.9 Å². The maximum atomic E-state index is 13.9. The molecule has 7 heteroatoms. The van der Waals surface area contributed by atoms with Crippen molar-refractivity contribution >= 4 is 23.2 Å². The SMILES string of the molecule is COc1cc(-c2nc(C)[nH]c(=O)c2Cl)c(F)cc1Cl. The van der Waals surface area contributed by atoms with Gasteiger partial charge in [0.05, 0.1) is 17.8 Å². The Labute approximate surface area is 118 Å². The van der Waals surface area contributed by atoms with Crippen LogP contribution in [-0.4, -0.2) is 17.1 Å². The summed E-state index contributed by atoms with van der Waals surface area (Å²) >= 11 is 11.7. The van der Waals surface area contributed by atoms with Gasteiger partial charge in [-0.25, -0.2) is 9.37 Å². The molecule has 100 valence electrons. The van der Waals surface area contributed by atoms with Crippen molar-refractivity contribution in [2.75, 3.05) is 7.11 Å². The molecule has 0 aliphatic rings. The first-order valence-corrected chi connectivity index (χ1v) is 5.99. The fraction of sp³-hybridized carbons (Fsp3) is 0.167. The van der Waals surface area contributed by atoms with Crippen LogP contribution in [-0.2, 0) is 0 Å². The van der Waals surface area contributed by atoms with Gasteiger partial charge in [0.2, 0.25) is 0 Å². The van der Waals surface area contributed by atoms with Gasteiger partial charge >= 0.3 is 0 Å². The molecule has 1 aromatic heterocycles. The lowest BCUT2D eigenvalue weighted by Gasteiger charge is -2.09. The Morgan fingerprint density at radius 1 is 1.37 bits per heavy atom. The molecule has 1 heterocycles. The summed E-state index contributed by atoms with van der Waals surface area (Å²) in [6.07, 6.45) is 0. The van der Waals surface area contributed by atoms with Crippen molar-refractivity contribution in [1.82, 2.24) is 9.97 Å². The number of benzene rings is 1. The Balaban J connectivity index is 2.75. The second-order valence-corrected chi connectivity index (χ2v) is 4.57. The first-order chi connectivity index (χ1) is 8.93. The highest BCUT2D eigenvalue weighted by atomic mass is 35.5. The zero-order chi connectivity index (χ0) is 14.2. The lowest BCUT2D eigenvalue weighted by molar-refractivity contribution is 0.414. The number of rotatable bonds is 2. The van der Waals surface area contributed by atoms with E-state index in [9.17, 15) is 9.18 Å². The number of hydrogen-bond acceptors (Lipinski definition) is 3. The van der Waals surface area contributed by atoms with Gasteiger partial charge < -0.3 is 9.72 Å². The Bertz CT molecular complexity index is 701. The molecule has 1 aromatic carbocycles. The van der Waals surface area contributed by atoms with Crippen LogP contribution >= 0.6 is 23.2 Å². The summed E-state index contributed by atoms with van der Waals surface area (Å²) in [7, 11) is 1.40. The predicted molar refractivity (Wildman–Crippen MR) is 71.6 cm³/mol. The van der Waals surface area contributed by atoms with E-state index >= 15 is 0 Å². The number of methoxy groups -OCH3 is 1. The first kappa shape index (κ1) is 13.8. The zero-order valence-corrected chi connectivity index (χ0v) is 11.6. The van der Waals surface area contributed by atoms with E-state index in [1.807, 2.05) is 0 Å². The Kier molecular flexibility index (Phi) is 3.78. The van der Waals surface area contributed by atoms with Gasteiger partial charge in [0, 0.05) is 5.56 Å². The topological polar surface area (TPSA) is 55.0 Å². The number of halogens is 3. The molecule has 0 fully saturated rings. The summed E-state index contributed by atoms with van der Waals surface area (Å²) in [5, 5.41) is -0.0599. The molecule has 0 spiro atoms. The molecule has 0 bridgehead atoms. The van der Waals surface area contributed by atoms with Gasteiger partial charge in [0.15, 0.2) is 0 Å². The number of aromatic nitrogens is 2. The van der Waals surface area contributed by atoms with E-state index in [2.05, 4.69) is 9.97 Å². The minimum atomic E-state index is -0.634. The van der Waals surface area contributed by atoms with Gasteiger partial charge in [-0.2, -0.15) is 0 Å². The van der Waals surface area contributed by atoms with E-state index in [0.717, 1.165) is 6.07 Å². The predicted octanol–water partition coefficient (Wildman–Crippen LogP) is 3.20.